The number of aryl methyl sites for hydroxylation is 1. The summed E-state index contributed by atoms with van der Waals surface area (Å²) in [6.07, 6.45) is 2.19. The van der Waals surface area contributed by atoms with Gasteiger partial charge in [-0.1, -0.05) is 51.6 Å². The molecule has 0 saturated carbocycles. The van der Waals surface area contributed by atoms with E-state index in [0.29, 0.717) is 11.3 Å². The number of allylic oxidation sites excluding steroid dienone is 1. The van der Waals surface area contributed by atoms with Crippen molar-refractivity contribution in [1.29, 1.82) is 0 Å². The molecule has 0 bridgehead atoms. The number of rotatable bonds is 5. The number of hydrogen-bond acceptors (Lipinski definition) is 2. The van der Waals surface area contributed by atoms with Gasteiger partial charge in [0.15, 0.2) is 0 Å². The molecule has 1 aliphatic rings. The maximum Gasteiger partial charge on any atom is 0.334 e. The summed E-state index contributed by atoms with van der Waals surface area (Å²) in [5.74, 6) is -0.923. The number of carbonyl (C=O) groups is 1. The molecule has 23 heavy (non-hydrogen) atoms. The molecule has 2 unspecified atom stereocenters. The third-order valence-corrected chi connectivity index (χ3v) is 7.74. The lowest BCUT2D eigenvalue weighted by Gasteiger charge is -2.37. The van der Waals surface area contributed by atoms with Gasteiger partial charge in [-0.25, -0.2) is 4.79 Å². The van der Waals surface area contributed by atoms with E-state index in [-0.39, 0.29) is 19.5 Å². The molecule has 2 rings (SSSR count). The molecular formula is C19H26NO2P. The molecule has 1 heterocycles. The number of aliphatic imine (C=N–C) groups is 1. The first-order valence-corrected chi connectivity index (χ1v) is 9.98. The van der Waals surface area contributed by atoms with Gasteiger partial charge in [-0.05, 0) is 38.7 Å². The van der Waals surface area contributed by atoms with Gasteiger partial charge in [0, 0.05) is 23.0 Å². The summed E-state index contributed by atoms with van der Waals surface area (Å²) in [6.45, 7) is 10.4. The van der Waals surface area contributed by atoms with E-state index in [2.05, 4.69) is 57.0 Å². The minimum atomic E-state index is -0.837. The third kappa shape index (κ3) is 3.55. The van der Waals surface area contributed by atoms with Gasteiger partial charge >= 0.3 is 5.97 Å². The van der Waals surface area contributed by atoms with E-state index in [1.807, 2.05) is 6.92 Å². The van der Waals surface area contributed by atoms with Crippen molar-refractivity contribution in [3.8, 4) is 0 Å². The Morgan fingerprint density at radius 1 is 1.13 bits per heavy atom. The average molecular weight is 331 g/mol. The molecule has 0 saturated heterocycles. The smallest absolute Gasteiger partial charge is 0.334 e. The lowest BCUT2D eigenvalue weighted by atomic mass is 9.83. The Morgan fingerprint density at radius 2 is 1.70 bits per heavy atom. The van der Waals surface area contributed by atoms with Crippen molar-refractivity contribution in [3.63, 3.8) is 0 Å². The predicted octanol–water partition coefficient (Wildman–Crippen LogP) is 4.80. The van der Waals surface area contributed by atoms with Crippen LogP contribution < -0.4 is 0 Å². The molecule has 1 aliphatic heterocycles. The molecule has 1 N–H and O–H groups in total. The normalized spacial score (nSPS) is 21.6. The van der Waals surface area contributed by atoms with Crippen molar-refractivity contribution in [2.75, 3.05) is 12.3 Å². The number of carboxylic acid groups (broad SMARTS) is 1. The number of benzene rings is 1. The predicted molar refractivity (Wildman–Crippen MR) is 99.2 cm³/mol. The Balaban J connectivity index is 2.62. The summed E-state index contributed by atoms with van der Waals surface area (Å²) < 4.78 is 0. The average Bonchev–Trinajstić information content (AvgIpc) is 2.50. The zero-order valence-corrected chi connectivity index (χ0v) is 15.5. The molecule has 0 spiro atoms. The first kappa shape index (κ1) is 17.9. The van der Waals surface area contributed by atoms with Gasteiger partial charge in [0.25, 0.3) is 0 Å². The molecule has 1 aromatic carbocycles. The fraction of sp³-hybridized carbons (Fsp3) is 0.474. The van der Waals surface area contributed by atoms with Gasteiger partial charge in [-0.15, -0.1) is 0 Å². The monoisotopic (exact) mass is 331 g/mol. The summed E-state index contributed by atoms with van der Waals surface area (Å²) in [7, 11) is -0.283. The van der Waals surface area contributed by atoms with Crippen LogP contribution in [0.3, 0.4) is 0 Å². The van der Waals surface area contributed by atoms with E-state index in [4.69, 9.17) is 0 Å². The Hall–Kier alpha value is -1.47. The van der Waals surface area contributed by atoms with E-state index >= 15 is 0 Å². The minimum Gasteiger partial charge on any atom is -0.478 e. The molecule has 1 aromatic rings. The van der Waals surface area contributed by atoms with Gasteiger partial charge in [-0.3, -0.25) is 4.99 Å². The maximum absolute atomic E-state index is 11.9. The van der Waals surface area contributed by atoms with Gasteiger partial charge in [-0.2, -0.15) is 0 Å². The summed E-state index contributed by atoms with van der Waals surface area (Å²) in [6, 6.07) is 8.31. The van der Waals surface area contributed by atoms with Crippen molar-refractivity contribution in [1.82, 2.24) is 0 Å². The van der Waals surface area contributed by atoms with Crippen LogP contribution in [0.4, 0.5) is 0 Å². The molecule has 0 fully saturated rings. The van der Waals surface area contributed by atoms with Crippen LogP contribution in [0.15, 0.2) is 40.5 Å². The molecule has 2 atom stereocenters. The lowest BCUT2D eigenvalue weighted by molar-refractivity contribution is -0.133. The summed E-state index contributed by atoms with van der Waals surface area (Å²) in [5, 5.41) is 9.81. The van der Waals surface area contributed by atoms with Crippen molar-refractivity contribution >= 4 is 19.6 Å². The Labute approximate surface area is 140 Å². The first-order valence-electron chi connectivity index (χ1n) is 8.20. The van der Waals surface area contributed by atoms with Crippen LogP contribution >= 0.6 is 7.92 Å². The van der Waals surface area contributed by atoms with E-state index in [9.17, 15) is 9.90 Å². The van der Waals surface area contributed by atoms with Crippen LogP contribution in [0.1, 0.15) is 44.7 Å². The maximum atomic E-state index is 11.9. The van der Waals surface area contributed by atoms with Crippen molar-refractivity contribution in [2.24, 2.45) is 4.99 Å². The van der Waals surface area contributed by atoms with Crippen LogP contribution in [0.25, 0.3) is 0 Å². The number of aliphatic carboxylic acids is 1. The largest absolute Gasteiger partial charge is 0.478 e. The van der Waals surface area contributed by atoms with E-state index in [1.165, 1.54) is 5.56 Å². The highest BCUT2D eigenvalue weighted by molar-refractivity contribution is 7.59. The second kappa shape index (κ2) is 7.40. The second-order valence-electron chi connectivity index (χ2n) is 6.11. The number of nitrogens with zero attached hydrogens (tertiary/aromatic N) is 1. The summed E-state index contributed by atoms with van der Waals surface area (Å²) in [4.78, 5) is 16.6. The number of hydrogen-bond donors (Lipinski definition) is 1. The zero-order valence-electron chi connectivity index (χ0n) is 14.6. The molecule has 3 nitrogen and oxygen atoms in total. The Bertz CT molecular complexity index is 642. The van der Waals surface area contributed by atoms with E-state index in [1.54, 1.807) is 0 Å². The van der Waals surface area contributed by atoms with Crippen molar-refractivity contribution < 1.29 is 9.90 Å². The molecular weight excluding hydrogens is 305 g/mol. The summed E-state index contributed by atoms with van der Waals surface area (Å²) in [5.41, 5.74) is 4.72. The molecule has 0 aromatic heterocycles. The molecule has 4 heteroatoms. The SMILES string of the molecule is CCP(CC)C1C(C)=NC(C)=C(C(=O)O)C1c1ccc(C)cc1. The van der Waals surface area contributed by atoms with E-state index < -0.39 is 5.97 Å². The third-order valence-electron chi connectivity index (χ3n) is 4.66. The Kier molecular flexibility index (Phi) is 5.75. The highest BCUT2D eigenvalue weighted by Crippen LogP contribution is 2.52. The van der Waals surface area contributed by atoms with Crippen molar-refractivity contribution in [3.05, 3.63) is 46.7 Å². The first-order chi connectivity index (χ1) is 10.9. The quantitative estimate of drug-likeness (QED) is 0.788. The highest BCUT2D eigenvalue weighted by Gasteiger charge is 2.39. The molecule has 0 radical (unpaired) electrons. The lowest BCUT2D eigenvalue weighted by Crippen LogP contribution is -2.33. The minimum absolute atomic E-state index is 0.0865. The molecule has 124 valence electrons. The second-order valence-corrected chi connectivity index (χ2v) is 9.11. The standard InChI is InChI=1S/C19H26NO2P/c1-6-23(7-2)18-14(5)20-13(4)16(19(21)22)17(18)15-10-8-12(3)9-11-15/h8-11,17-18H,6-7H2,1-5H3,(H,21,22). The topological polar surface area (TPSA) is 49.7 Å². The fourth-order valence-corrected chi connectivity index (χ4v) is 6.08. The number of carboxylic acids is 1. The van der Waals surface area contributed by atoms with Crippen LogP contribution in [0.5, 0.6) is 0 Å². The summed E-state index contributed by atoms with van der Waals surface area (Å²) >= 11 is 0. The van der Waals surface area contributed by atoms with Gasteiger partial charge in [0.2, 0.25) is 0 Å². The van der Waals surface area contributed by atoms with Crippen LogP contribution in [0.2, 0.25) is 0 Å². The molecule has 0 aliphatic carbocycles. The fourth-order valence-electron chi connectivity index (χ4n) is 3.52. The van der Waals surface area contributed by atoms with Gasteiger partial charge in [0.1, 0.15) is 0 Å². The van der Waals surface area contributed by atoms with Gasteiger partial charge in [0.05, 0.1) is 5.57 Å². The van der Waals surface area contributed by atoms with Crippen molar-refractivity contribution in [2.45, 2.75) is 46.2 Å². The van der Waals surface area contributed by atoms with Crippen LogP contribution in [-0.4, -0.2) is 34.8 Å². The van der Waals surface area contributed by atoms with E-state index in [0.717, 1.165) is 23.6 Å². The van der Waals surface area contributed by atoms with Gasteiger partial charge < -0.3 is 5.11 Å². The van der Waals surface area contributed by atoms with Crippen LogP contribution in [-0.2, 0) is 4.79 Å². The Morgan fingerprint density at radius 3 is 2.17 bits per heavy atom. The highest BCUT2D eigenvalue weighted by atomic mass is 31.1. The molecule has 0 amide bonds. The zero-order chi connectivity index (χ0) is 17.1. The van der Waals surface area contributed by atoms with Crippen LogP contribution in [0, 0.1) is 6.92 Å².